The number of hydrogen-bond donors (Lipinski definition) is 1. The van der Waals surface area contributed by atoms with Gasteiger partial charge in [0.05, 0.1) is 0 Å². The molecule has 0 atom stereocenters. The molecule has 0 unspecified atom stereocenters. The molecule has 8 heteroatoms. The first kappa shape index (κ1) is 17.7. The van der Waals surface area contributed by atoms with E-state index in [0.717, 1.165) is 10.6 Å². The number of halogens is 1. The van der Waals surface area contributed by atoms with Crippen molar-refractivity contribution in [1.82, 2.24) is 10.2 Å². The minimum Gasteiger partial charge on any atom is -0.484 e. The Morgan fingerprint density at radius 3 is 2.56 bits per heavy atom. The summed E-state index contributed by atoms with van der Waals surface area (Å²) in [6.07, 6.45) is 2.03. The van der Waals surface area contributed by atoms with Crippen molar-refractivity contribution < 1.29 is 9.53 Å². The number of amides is 1. The average Bonchev–Trinajstić information content (AvgIpc) is 3.10. The first-order valence-electron chi connectivity index (χ1n) is 7.30. The molecule has 2 aromatic carbocycles. The third-order valence-electron chi connectivity index (χ3n) is 3.19. The van der Waals surface area contributed by atoms with Gasteiger partial charge < -0.3 is 4.74 Å². The van der Waals surface area contributed by atoms with Crippen molar-refractivity contribution in [3.8, 4) is 16.3 Å². The van der Waals surface area contributed by atoms with Crippen LogP contribution in [0, 0.1) is 0 Å². The van der Waals surface area contributed by atoms with E-state index in [4.69, 9.17) is 16.3 Å². The number of nitrogens with one attached hydrogen (secondary N) is 1. The molecule has 1 N–H and O–H groups in total. The first-order valence-corrected chi connectivity index (χ1v) is 9.72. The van der Waals surface area contributed by atoms with Gasteiger partial charge in [-0.25, -0.2) is 0 Å². The van der Waals surface area contributed by atoms with Gasteiger partial charge in [0, 0.05) is 15.5 Å². The summed E-state index contributed by atoms with van der Waals surface area (Å²) in [5.74, 6) is 0.279. The van der Waals surface area contributed by atoms with Crippen molar-refractivity contribution in [3.63, 3.8) is 0 Å². The summed E-state index contributed by atoms with van der Waals surface area (Å²) < 4.78 is 5.40. The Labute approximate surface area is 158 Å². The third-order valence-corrected chi connectivity index (χ3v) is 5.08. The van der Waals surface area contributed by atoms with Gasteiger partial charge in [-0.3, -0.25) is 10.1 Å². The van der Waals surface area contributed by atoms with Crippen molar-refractivity contribution in [1.29, 1.82) is 0 Å². The molecule has 1 heterocycles. The number of thioether (sulfide) groups is 1. The highest BCUT2D eigenvalue weighted by atomic mass is 35.5. The summed E-state index contributed by atoms with van der Waals surface area (Å²) in [6, 6.07) is 14.8. The largest absolute Gasteiger partial charge is 0.484 e. The van der Waals surface area contributed by atoms with Crippen LogP contribution in [0.5, 0.6) is 5.75 Å². The molecule has 25 heavy (non-hydrogen) atoms. The van der Waals surface area contributed by atoms with Gasteiger partial charge in [-0.15, -0.1) is 22.0 Å². The zero-order valence-electron chi connectivity index (χ0n) is 13.2. The lowest BCUT2D eigenvalue weighted by Gasteiger charge is -2.05. The molecule has 0 spiro atoms. The van der Waals surface area contributed by atoms with E-state index in [1.54, 1.807) is 36.0 Å². The van der Waals surface area contributed by atoms with Crippen molar-refractivity contribution in [2.75, 3.05) is 18.2 Å². The van der Waals surface area contributed by atoms with Crippen LogP contribution in [0.2, 0.25) is 5.02 Å². The molecule has 0 saturated carbocycles. The van der Waals surface area contributed by atoms with E-state index in [1.165, 1.54) is 16.2 Å². The highest BCUT2D eigenvalue weighted by Crippen LogP contribution is 2.28. The maximum absolute atomic E-state index is 12.0. The van der Waals surface area contributed by atoms with Crippen molar-refractivity contribution in [3.05, 3.63) is 53.6 Å². The van der Waals surface area contributed by atoms with Crippen molar-refractivity contribution in [2.45, 2.75) is 4.90 Å². The van der Waals surface area contributed by atoms with Gasteiger partial charge in [0.1, 0.15) is 10.8 Å². The number of anilines is 1. The molecule has 0 fully saturated rings. The van der Waals surface area contributed by atoms with Crippen LogP contribution in [-0.4, -0.2) is 29.0 Å². The molecule has 0 aliphatic heterocycles. The average molecular weight is 392 g/mol. The highest BCUT2D eigenvalue weighted by Gasteiger charge is 2.10. The number of rotatable bonds is 6. The minimum absolute atomic E-state index is 0.112. The number of carbonyl (C=O) groups is 1. The molecule has 1 aromatic heterocycles. The molecule has 0 bridgehead atoms. The Bertz CT molecular complexity index is 851. The maximum Gasteiger partial charge on any atom is 0.264 e. The predicted molar refractivity (Wildman–Crippen MR) is 103 cm³/mol. The SMILES string of the molecule is CSc1ccc(-c2nnc(NC(=O)COc3ccc(Cl)cc3)s2)cc1. The van der Waals surface area contributed by atoms with Crippen LogP contribution in [0.15, 0.2) is 53.4 Å². The quantitative estimate of drug-likeness (QED) is 0.622. The van der Waals surface area contributed by atoms with E-state index >= 15 is 0 Å². The molecule has 1 amide bonds. The smallest absolute Gasteiger partial charge is 0.264 e. The summed E-state index contributed by atoms with van der Waals surface area (Å²) >= 11 is 8.80. The normalized spacial score (nSPS) is 10.5. The van der Waals surface area contributed by atoms with Crippen LogP contribution < -0.4 is 10.1 Å². The molecule has 0 aliphatic carbocycles. The van der Waals surface area contributed by atoms with Gasteiger partial charge in [0.2, 0.25) is 5.13 Å². The van der Waals surface area contributed by atoms with Crippen LogP contribution in [0.4, 0.5) is 5.13 Å². The molecule has 0 aliphatic rings. The van der Waals surface area contributed by atoms with Gasteiger partial charge in [-0.05, 0) is 42.7 Å². The maximum atomic E-state index is 12.0. The zero-order chi connectivity index (χ0) is 17.6. The number of carbonyl (C=O) groups excluding carboxylic acids is 1. The fraction of sp³-hybridized carbons (Fsp3) is 0.118. The number of nitrogens with zero attached hydrogens (tertiary/aromatic N) is 2. The standard InChI is InChI=1S/C17H14ClN3O2S2/c1-24-14-8-2-11(3-9-14)16-20-21-17(25-16)19-15(22)10-23-13-6-4-12(18)5-7-13/h2-9H,10H2,1H3,(H,19,21,22). The lowest BCUT2D eigenvalue weighted by molar-refractivity contribution is -0.118. The molecule has 0 saturated heterocycles. The second kappa shape index (κ2) is 8.33. The highest BCUT2D eigenvalue weighted by molar-refractivity contribution is 7.98. The first-order chi connectivity index (χ1) is 12.1. The summed E-state index contributed by atoms with van der Waals surface area (Å²) in [6.45, 7) is -0.112. The lowest BCUT2D eigenvalue weighted by atomic mass is 10.2. The van der Waals surface area contributed by atoms with Crippen LogP contribution in [0.25, 0.3) is 10.6 Å². The van der Waals surface area contributed by atoms with E-state index in [1.807, 2.05) is 30.5 Å². The summed E-state index contributed by atoms with van der Waals surface area (Å²) in [5.41, 5.74) is 0.966. The lowest BCUT2D eigenvalue weighted by Crippen LogP contribution is -2.20. The molecular weight excluding hydrogens is 378 g/mol. The van der Waals surface area contributed by atoms with E-state index in [2.05, 4.69) is 15.5 Å². The van der Waals surface area contributed by atoms with Gasteiger partial charge in [-0.1, -0.05) is 35.1 Å². The Hall–Kier alpha value is -2.09. The Morgan fingerprint density at radius 2 is 1.88 bits per heavy atom. The van der Waals surface area contributed by atoms with Crippen LogP contribution in [-0.2, 0) is 4.79 Å². The fourth-order valence-electron chi connectivity index (χ4n) is 1.96. The number of ether oxygens (including phenoxy) is 1. The molecular formula is C17H14ClN3O2S2. The fourth-order valence-corrected chi connectivity index (χ4v) is 3.26. The summed E-state index contributed by atoms with van der Waals surface area (Å²) in [5, 5.41) is 12.6. The van der Waals surface area contributed by atoms with E-state index < -0.39 is 0 Å². The monoisotopic (exact) mass is 391 g/mol. The zero-order valence-corrected chi connectivity index (χ0v) is 15.6. The van der Waals surface area contributed by atoms with Gasteiger partial charge >= 0.3 is 0 Å². The molecule has 0 radical (unpaired) electrons. The third kappa shape index (κ3) is 4.94. The minimum atomic E-state index is -0.296. The Balaban J connectivity index is 1.56. The van der Waals surface area contributed by atoms with Crippen molar-refractivity contribution >= 4 is 45.7 Å². The molecule has 5 nitrogen and oxygen atoms in total. The van der Waals surface area contributed by atoms with E-state index in [9.17, 15) is 4.79 Å². The Kier molecular flexibility index (Phi) is 5.91. The van der Waals surface area contributed by atoms with Crippen LogP contribution >= 0.6 is 34.7 Å². The predicted octanol–water partition coefficient (Wildman–Crippen LogP) is 4.60. The van der Waals surface area contributed by atoms with E-state index in [-0.39, 0.29) is 12.5 Å². The summed E-state index contributed by atoms with van der Waals surface area (Å²) in [4.78, 5) is 13.1. The molecule has 128 valence electrons. The number of hydrogen-bond acceptors (Lipinski definition) is 6. The molecule has 3 aromatic rings. The molecule has 3 rings (SSSR count). The number of aromatic nitrogens is 2. The van der Waals surface area contributed by atoms with Gasteiger partial charge in [0.25, 0.3) is 5.91 Å². The number of benzene rings is 2. The van der Waals surface area contributed by atoms with Crippen LogP contribution in [0.1, 0.15) is 0 Å². The van der Waals surface area contributed by atoms with Gasteiger partial charge in [0.15, 0.2) is 6.61 Å². The summed E-state index contributed by atoms with van der Waals surface area (Å²) in [7, 11) is 0. The second-order valence-electron chi connectivity index (χ2n) is 4.93. The second-order valence-corrected chi connectivity index (χ2v) is 7.23. The van der Waals surface area contributed by atoms with Crippen LogP contribution in [0.3, 0.4) is 0 Å². The Morgan fingerprint density at radius 1 is 1.16 bits per heavy atom. The topological polar surface area (TPSA) is 64.1 Å². The van der Waals surface area contributed by atoms with Crippen molar-refractivity contribution in [2.24, 2.45) is 0 Å². The van der Waals surface area contributed by atoms with Gasteiger partial charge in [-0.2, -0.15) is 0 Å². The van der Waals surface area contributed by atoms with E-state index in [0.29, 0.717) is 15.9 Å².